The topological polar surface area (TPSA) is 57.7 Å². The number of rotatable bonds is 3. The molecule has 0 saturated carbocycles. The zero-order valence-electron chi connectivity index (χ0n) is 18.1. The van der Waals surface area contributed by atoms with Crippen molar-refractivity contribution in [2.24, 2.45) is 11.8 Å². The van der Waals surface area contributed by atoms with Crippen LogP contribution in [0.2, 0.25) is 10.0 Å². The molecule has 0 aliphatic carbocycles. The maximum atomic E-state index is 13.9. The first kappa shape index (κ1) is 22.5. The van der Waals surface area contributed by atoms with Gasteiger partial charge in [0.25, 0.3) is 0 Å². The van der Waals surface area contributed by atoms with E-state index in [1.165, 1.54) is 11.0 Å². The molecule has 2 amide bonds. The van der Waals surface area contributed by atoms with Crippen molar-refractivity contribution in [1.82, 2.24) is 4.90 Å². The van der Waals surface area contributed by atoms with E-state index in [2.05, 4.69) is 15.9 Å². The number of anilines is 1. The highest BCUT2D eigenvalue weighted by molar-refractivity contribution is 9.10. The molecule has 0 unspecified atom stereocenters. The molecule has 6 rings (SSSR count). The van der Waals surface area contributed by atoms with Gasteiger partial charge in [-0.15, -0.1) is 0 Å². The molecule has 0 N–H and O–H groups in total. The third-order valence-electron chi connectivity index (χ3n) is 7.01. The summed E-state index contributed by atoms with van der Waals surface area (Å²) in [5.74, 6) is -2.57. The van der Waals surface area contributed by atoms with E-state index < -0.39 is 23.9 Å². The summed E-state index contributed by atoms with van der Waals surface area (Å²) in [7, 11) is 0. The molecule has 0 radical (unpaired) electrons. The van der Waals surface area contributed by atoms with Crippen molar-refractivity contribution in [3.8, 4) is 0 Å². The van der Waals surface area contributed by atoms with Crippen LogP contribution in [0, 0.1) is 11.8 Å². The molecule has 3 aromatic rings. The van der Waals surface area contributed by atoms with Crippen molar-refractivity contribution >= 4 is 68.5 Å². The Kier molecular flexibility index (Phi) is 5.36. The van der Waals surface area contributed by atoms with Gasteiger partial charge in [-0.1, -0.05) is 63.4 Å². The van der Waals surface area contributed by atoms with Crippen LogP contribution >= 0.6 is 39.1 Å². The van der Waals surface area contributed by atoms with Crippen LogP contribution in [0.15, 0.2) is 77.4 Å². The first-order valence-corrected chi connectivity index (χ1v) is 12.6. The van der Waals surface area contributed by atoms with Crippen LogP contribution in [-0.2, 0) is 9.59 Å². The number of amides is 2. The molecular formula is C27H17BrCl2N2O3. The Hall–Kier alpha value is -2.93. The van der Waals surface area contributed by atoms with Crippen molar-refractivity contribution < 1.29 is 14.4 Å². The summed E-state index contributed by atoms with van der Waals surface area (Å²) in [6, 6.07) is 18.1. The molecular weight excluding hydrogens is 551 g/mol. The largest absolute Gasteiger partial charge is 0.358 e. The number of ketones is 1. The average molecular weight is 568 g/mol. The van der Waals surface area contributed by atoms with Crippen LogP contribution < -0.4 is 4.90 Å². The van der Waals surface area contributed by atoms with E-state index in [9.17, 15) is 14.4 Å². The zero-order valence-corrected chi connectivity index (χ0v) is 21.2. The molecule has 3 aliphatic rings. The van der Waals surface area contributed by atoms with Gasteiger partial charge in [-0.2, -0.15) is 0 Å². The van der Waals surface area contributed by atoms with Crippen LogP contribution in [-0.4, -0.2) is 28.5 Å². The number of nitrogens with zero attached hydrogens (tertiary/aromatic N) is 2. The number of carbonyl (C=O) groups is 3. The molecule has 0 spiro atoms. The Morgan fingerprint density at radius 2 is 1.60 bits per heavy atom. The first-order chi connectivity index (χ1) is 16.9. The molecule has 0 bridgehead atoms. The Morgan fingerprint density at radius 3 is 2.34 bits per heavy atom. The van der Waals surface area contributed by atoms with Crippen LogP contribution in [0.3, 0.4) is 0 Å². The monoisotopic (exact) mass is 566 g/mol. The number of hydrogen-bond acceptors (Lipinski definition) is 4. The van der Waals surface area contributed by atoms with Gasteiger partial charge in [0.05, 0.1) is 28.6 Å². The molecule has 5 nitrogen and oxygen atoms in total. The van der Waals surface area contributed by atoms with Crippen molar-refractivity contribution in [2.75, 3.05) is 4.90 Å². The van der Waals surface area contributed by atoms with Crippen LogP contribution in [0.1, 0.15) is 27.5 Å². The summed E-state index contributed by atoms with van der Waals surface area (Å²) in [6.07, 6.45) is 3.74. The molecule has 35 heavy (non-hydrogen) atoms. The first-order valence-electron chi connectivity index (χ1n) is 11.0. The Labute approximate surface area is 220 Å². The Bertz CT molecular complexity index is 1440. The van der Waals surface area contributed by atoms with Gasteiger partial charge in [0.2, 0.25) is 11.8 Å². The highest BCUT2D eigenvalue weighted by atomic mass is 79.9. The number of Topliss-reactive ketones (excluding diaryl/α,β-unsaturated/α-hetero) is 1. The minimum Gasteiger partial charge on any atom is -0.358 e. The average Bonchev–Trinajstić information content (AvgIpc) is 3.32. The van der Waals surface area contributed by atoms with E-state index in [-0.39, 0.29) is 28.2 Å². The lowest BCUT2D eigenvalue weighted by Crippen LogP contribution is -2.44. The fourth-order valence-corrected chi connectivity index (χ4v) is 6.32. The molecule has 3 aromatic carbocycles. The highest BCUT2D eigenvalue weighted by Gasteiger charge is 2.64. The van der Waals surface area contributed by atoms with Gasteiger partial charge in [-0.25, -0.2) is 4.90 Å². The molecule has 0 aromatic heterocycles. The van der Waals surface area contributed by atoms with Crippen molar-refractivity contribution in [2.45, 2.75) is 12.1 Å². The summed E-state index contributed by atoms with van der Waals surface area (Å²) in [5, 5.41) is 0.625. The highest BCUT2D eigenvalue weighted by Crippen LogP contribution is 2.54. The van der Waals surface area contributed by atoms with Gasteiger partial charge < -0.3 is 4.90 Å². The third kappa shape index (κ3) is 3.39. The van der Waals surface area contributed by atoms with Gasteiger partial charge in [-0.3, -0.25) is 14.4 Å². The minimum atomic E-state index is -0.884. The van der Waals surface area contributed by atoms with Gasteiger partial charge in [0.15, 0.2) is 5.78 Å². The SMILES string of the molecule is O=C(c1ccc(Cl)cc1Cl)[C@@H]1[C@@H]2C(=O)N(c3ccc(Br)cc3)C(=O)[C@H]2[C@H]2c3ccccc3C=CN12. The van der Waals surface area contributed by atoms with Crippen LogP contribution in [0.25, 0.3) is 6.08 Å². The van der Waals surface area contributed by atoms with Gasteiger partial charge in [0.1, 0.15) is 6.04 Å². The van der Waals surface area contributed by atoms with E-state index >= 15 is 0 Å². The van der Waals surface area contributed by atoms with E-state index in [1.807, 2.05) is 41.4 Å². The molecule has 2 fully saturated rings. The van der Waals surface area contributed by atoms with E-state index in [4.69, 9.17) is 23.2 Å². The maximum Gasteiger partial charge on any atom is 0.240 e. The number of hydrogen-bond donors (Lipinski definition) is 0. The predicted octanol–water partition coefficient (Wildman–Crippen LogP) is 6.15. The second kappa shape index (κ2) is 8.33. The number of fused-ring (bicyclic) bond motifs is 5. The minimum absolute atomic E-state index is 0.213. The predicted molar refractivity (Wildman–Crippen MR) is 138 cm³/mol. The number of imide groups is 1. The van der Waals surface area contributed by atoms with Gasteiger partial charge in [-0.05, 0) is 59.7 Å². The lowest BCUT2D eigenvalue weighted by molar-refractivity contribution is -0.123. The second-order valence-corrected chi connectivity index (χ2v) is 10.6. The van der Waals surface area contributed by atoms with Crippen LogP contribution in [0.4, 0.5) is 5.69 Å². The smallest absolute Gasteiger partial charge is 0.240 e. The van der Waals surface area contributed by atoms with Gasteiger partial charge >= 0.3 is 0 Å². The quantitative estimate of drug-likeness (QED) is 0.281. The Morgan fingerprint density at radius 1 is 0.886 bits per heavy atom. The summed E-state index contributed by atoms with van der Waals surface area (Å²) >= 11 is 15.8. The molecule has 174 valence electrons. The molecule has 3 aliphatic heterocycles. The fraction of sp³-hybridized carbons (Fsp3) is 0.148. The molecule has 4 atom stereocenters. The summed E-state index contributed by atoms with van der Waals surface area (Å²) in [4.78, 5) is 44.7. The summed E-state index contributed by atoms with van der Waals surface area (Å²) in [5.41, 5.74) is 2.64. The maximum absolute atomic E-state index is 13.9. The number of carbonyl (C=O) groups excluding carboxylic acids is 3. The number of halogens is 3. The standard InChI is InChI=1S/C27H17BrCl2N2O3/c28-15-5-8-17(9-6-15)32-26(34)21-22(27(32)35)24(25(33)19-10-7-16(29)13-20(19)30)31-12-11-14-3-1-2-4-18(14)23(21)31/h1-13,21-24H/t21-,22-,23-,24+/m1/s1. The van der Waals surface area contributed by atoms with Crippen molar-refractivity contribution in [3.05, 3.63) is 104 Å². The Balaban J connectivity index is 1.50. The lowest BCUT2D eigenvalue weighted by atomic mass is 9.83. The van der Waals surface area contributed by atoms with E-state index in [0.717, 1.165) is 15.6 Å². The third-order valence-corrected chi connectivity index (χ3v) is 8.09. The van der Waals surface area contributed by atoms with Crippen molar-refractivity contribution in [1.29, 1.82) is 0 Å². The molecule has 8 heteroatoms. The second-order valence-electron chi connectivity index (χ2n) is 8.81. The molecule has 3 heterocycles. The molecule has 2 saturated heterocycles. The normalized spacial score (nSPS) is 24.4. The summed E-state index contributed by atoms with van der Waals surface area (Å²) in [6.45, 7) is 0. The summed E-state index contributed by atoms with van der Waals surface area (Å²) < 4.78 is 0.837. The van der Waals surface area contributed by atoms with Crippen LogP contribution in [0.5, 0.6) is 0 Å². The van der Waals surface area contributed by atoms with E-state index in [1.54, 1.807) is 36.4 Å². The lowest BCUT2D eigenvalue weighted by Gasteiger charge is -2.35. The van der Waals surface area contributed by atoms with Crippen molar-refractivity contribution in [3.63, 3.8) is 0 Å². The fourth-order valence-electron chi connectivity index (χ4n) is 5.55. The van der Waals surface area contributed by atoms with E-state index in [0.29, 0.717) is 10.7 Å². The number of benzene rings is 3. The van der Waals surface area contributed by atoms with Gasteiger partial charge in [0, 0.05) is 21.3 Å². The zero-order chi connectivity index (χ0) is 24.4.